The van der Waals surface area contributed by atoms with Gasteiger partial charge in [0.05, 0.1) is 0 Å². The molecule has 0 heterocycles. The summed E-state index contributed by atoms with van der Waals surface area (Å²) in [7, 11) is 0. The molecule has 1 amide bonds. The van der Waals surface area contributed by atoms with Crippen molar-refractivity contribution >= 4 is 5.91 Å². The quantitative estimate of drug-likeness (QED) is 0.763. The molecule has 1 aliphatic carbocycles. The van der Waals surface area contributed by atoms with Gasteiger partial charge in [-0.15, -0.1) is 0 Å². The fourth-order valence-corrected chi connectivity index (χ4v) is 1.49. The number of carbonyl (C=O) groups excluding carboxylic acids is 1. The predicted octanol–water partition coefficient (Wildman–Crippen LogP) is 1.59. The maximum absolute atomic E-state index is 12.5. The lowest BCUT2D eigenvalue weighted by molar-refractivity contribution is -0.166. The highest BCUT2D eigenvalue weighted by atomic mass is 19.4. The molecule has 1 saturated carbocycles. The van der Waals surface area contributed by atoms with Gasteiger partial charge >= 0.3 is 6.18 Å². The minimum atomic E-state index is -4.21. The molecule has 3 nitrogen and oxygen atoms in total. The van der Waals surface area contributed by atoms with Crippen LogP contribution in [-0.4, -0.2) is 30.2 Å². The number of halogens is 3. The van der Waals surface area contributed by atoms with Crippen molar-refractivity contribution in [1.82, 2.24) is 10.6 Å². The Labute approximate surface area is 92.8 Å². The van der Waals surface area contributed by atoms with Crippen molar-refractivity contribution in [2.75, 3.05) is 6.54 Å². The Morgan fingerprint density at radius 3 is 2.31 bits per heavy atom. The summed E-state index contributed by atoms with van der Waals surface area (Å²) in [6.45, 7) is 3.69. The largest absolute Gasteiger partial charge is 0.406 e. The first-order valence-electron chi connectivity index (χ1n) is 5.38. The summed E-state index contributed by atoms with van der Waals surface area (Å²) in [6, 6.07) is 0.0185. The molecule has 1 aliphatic rings. The molecule has 0 saturated heterocycles. The van der Waals surface area contributed by atoms with Crippen LogP contribution in [0.1, 0.15) is 33.1 Å². The summed E-state index contributed by atoms with van der Waals surface area (Å²) in [5.74, 6) is -0.222. The molecule has 0 radical (unpaired) electrons. The highest BCUT2D eigenvalue weighted by Crippen LogP contribution is 2.48. The molecule has 6 heteroatoms. The second-order valence-electron chi connectivity index (χ2n) is 4.48. The normalized spacial score (nSPS) is 18.6. The van der Waals surface area contributed by atoms with Gasteiger partial charge in [-0.05, 0) is 26.7 Å². The molecule has 1 rings (SSSR count). The molecule has 16 heavy (non-hydrogen) atoms. The minimum Gasteiger partial charge on any atom is -0.354 e. The number of rotatable bonds is 5. The van der Waals surface area contributed by atoms with E-state index in [0.717, 1.165) is 0 Å². The highest BCUT2D eigenvalue weighted by molar-refractivity contribution is 5.76. The first kappa shape index (κ1) is 13.3. The second kappa shape index (κ2) is 4.61. The van der Waals surface area contributed by atoms with Crippen molar-refractivity contribution in [2.45, 2.75) is 50.9 Å². The Kier molecular flexibility index (Phi) is 3.83. The molecule has 0 spiro atoms. The standard InChI is InChI=1S/C10H17F3N2O/c1-7(2)15-8(16)3-6-14-9(4-5-9)10(11,12)13/h7,14H,3-6H2,1-2H3,(H,15,16). The zero-order chi connectivity index (χ0) is 12.4. The average molecular weight is 238 g/mol. The summed E-state index contributed by atoms with van der Waals surface area (Å²) in [4.78, 5) is 11.2. The van der Waals surface area contributed by atoms with Crippen LogP contribution in [0.5, 0.6) is 0 Å². The number of hydrogen-bond donors (Lipinski definition) is 2. The first-order chi connectivity index (χ1) is 7.27. The molecule has 0 aromatic rings. The van der Waals surface area contributed by atoms with Gasteiger partial charge in [-0.1, -0.05) is 0 Å². The summed E-state index contributed by atoms with van der Waals surface area (Å²) in [5, 5.41) is 5.06. The lowest BCUT2D eigenvalue weighted by Crippen LogP contribution is -2.46. The number of amides is 1. The average Bonchev–Trinajstić information content (AvgIpc) is 2.82. The van der Waals surface area contributed by atoms with Gasteiger partial charge < -0.3 is 10.6 Å². The Hall–Kier alpha value is -0.780. The monoisotopic (exact) mass is 238 g/mol. The fourth-order valence-electron chi connectivity index (χ4n) is 1.49. The van der Waals surface area contributed by atoms with E-state index in [2.05, 4.69) is 10.6 Å². The van der Waals surface area contributed by atoms with E-state index >= 15 is 0 Å². The van der Waals surface area contributed by atoms with Crippen LogP contribution in [0.3, 0.4) is 0 Å². The zero-order valence-electron chi connectivity index (χ0n) is 9.45. The maximum Gasteiger partial charge on any atom is 0.406 e. The van der Waals surface area contributed by atoms with Crippen molar-refractivity contribution in [2.24, 2.45) is 0 Å². The van der Waals surface area contributed by atoms with E-state index in [1.54, 1.807) is 0 Å². The van der Waals surface area contributed by atoms with Crippen molar-refractivity contribution in [3.8, 4) is 0 Å². The smallest absolute Gasteiger partial charge is 0.354 e. The van der Waals surface area contributed by atoms with Gasteiger partial charge in [0.15, 0.2) is 0 Å². The maximum atomic E-state index is 12.5. The van der Waals surface area contributed by atoms with Crippen molar-refractivity contribution in [1.29, 1.82) is 0 Å². The lowest BCUT2D eigenvalue weighted by atomic mass is 10.2. The predicted molar refractivity (Wildman–Crippen MR) is 53.9 cm³/mol. The number of carbonyl (C=O) groups is 1. The number of nitrogens with one attached hydrogen (secondary N) is 2. The van der Waals surface area contributed by atoms with E-state index in [1.165, 1.54) is 0 Å². The summed E-state index contributed by atoms with van der Waals surface area (Å²) >= 11 is 0. The van der Waals surface area contributed by atoms with Gasteiger partial charge in [0.25, 0.3) is 0 Å². The van der Waals surface area contributed by atoms with Crippen LogP contribution in [0.15, 0.2) is 0 Å². The van der Waals surface area contributed by atoms with E-state index in [-0.39, 0.29) is 37.8 Å². The van der Waals surface area contributed by atoms with Crippen molar-refractivity contribution in [3.05, 3.63) is 0 Å². The third-order valence-electron chi connectivity index (χ3n) is 2.56. The molecule has 0 aromatic heterocycles. The van der Waals surface area contributed by atoms with Gasteiger partial charge in [-0.3, -0.25) is 4.79 Å². The number of alkyl halides is 3. The molecule has 0 aliphatic heterocycles. The van der Waals surface area contributed by atoms with Gasteiger partial charge in [0.2, 0.25) is 5.91 Å². The van der Waals surface area contributed by atoms with Crippen LogP contribution < -0.4 is 10.6 Å². The number of hydrogen-bond acceptors (Lipinski definition) is 2. The fraction of sp³-hybridized carbons (Fsp3) is 0.900. The van der Waals surface area contributed by atoms with Gasteiger partial charge in [-0.2, -0.15) is 13.2 Å². The van der Waals surface area contributed by atoms with Crippen LogP contribution in [0, 0.1) is 0 Å². The van der Waals surface area contributed by atoms with Crippen molar-refractivity contribution in [3.63, 3.8) is 0 Å². The van der Waals surface area contributed by atoms with Crippen LogP contribution in [0.4, 0.5) is 13.2 Å². The minimum absolute atomic E-state index is 0.0185. The molecule has 0 bridgehead atoms. The Balaban J connectivity index is 2.24. The molecule has 0 unspecified atom stereocenters. The van der Waals surface area contributed by atoms with Gasteiger partial charge in [-0.25, -0.2) is 0 Å². The molecule has 0 aromatic carbocycles. The second-order valence-corrected chi connectivity index (χ2v) is 4.48. The molecular formula is C10H17F3N2O. The van der Waals surface area contributed by atoms with E-state index in [0.29, 0.717) is 0 Å². The SMILES string of the molecule is CC(C)NC(=O)CCNC1(C(F)(F)F)CC1. The zero-order valence-corrected chi connectivity index (χ0v) is 9.45. The molecule has 2 N–H and O–H groups in total. The summed E-state index contributed by atoms with van der Waals surface area (Å²) in [6.07, 6.45) is -3.90. The van der Waals surface area contributed by atoms with Gasteiger partial charge in [0, 0.05) is 19.0 Å². The van der Waals surface area contributed by atoms with Crippen LogP contribution >= 0.6 is 0 Å². The third-order valence-corrected chi connectivity index (χ3v) is 2.56. The van der Waals surface area contributed by atoms with Gasteiger partial charge in [0.1, 0.15) is 5.54 Å². The van der Waals surface area contributed by atoms with E-state index in [1.807, 2.05) is 13.8 Å². The highest BCUT2D eigenvalue weighted by Gasteiger charge is 2.62. The Morgan fingerprint density at radius 1 is 1.38 bits per heavy atom. The molecule has 1 fully saturated rings. The lowest BCUT2D eigenvalue weighted by Gasteiger charge is -2.20. The molecule has 0 atom stereocenters. The summed E-state index contributed by atoms with van der Waals surface area (Å²) < 4.78 is 37.4. The Morgan fingerprint density at radius 2 is 1.94 bits per heavy atom. The van der Waals surface area contributed by atoms with Crippen LogP contribution in [0.2, 0.25) is 0 Å². The van der Waals surface area contributed by atoms with Crippen LogP contribution in [-0.2, 0) is 4.79 Å². The summed E-state index contributed by atoms with van der Waals surface area (Å²) in [5.41, 5.74) is -1.72. The first-order valence-corrected chi connectivity index (χ1v) is 5.38. The Bertz CT molecular complexity index is 259. The third kappa shape index (κ3) is 3.37. The van der Waals surface area contributed by atoms with Crippen molar-refractivity contribution < 1.29 is 18.0 Å². The molecular weight excluding hydrogens is 221 g/mol. The van der Waals surface area contributed by atoms with E-state index < -0.39 is 11.7 Å². The van der Waals surface area contributed by atoms with Crippen LogP contribution in [0.25, 0.3) is 0 Å². The topological polar surface area (TPSA) is 41.1 Å². The van der Waals surface area contributed by atoms with E-state index in [9.17, 15) is 18.0 Å². The molecule has 94 valence electrons. The van der Waals surface area contributed by atoms with E-state index in [4.69, 9.17) is 0 Å².